The van der Waals surface area contributed by atoms with Crippen LogP contribution in [0.25, 0.3) is 0 Å². The Hall–Kier alpha value is -2.15. The van der Waals surface area contributed by atoms with Crippen LogP contribution in [0.3, 0.4) is 0 Å². The van der Waals surface area contributed by atoms with E-state index in [1.54, 1.807) is 19.3 Å². The van der Waals surface area contributed by atoms with E-state index in [0.717, 1.165) is 23.4 Å². The molecule has 0 unspecified atom stereocenters. The van der Waals surface area contributed by atoms with E-state index < -0.39 is 11.8 Å². The number of nitrogens with zero attached hydrogens (tertiary/aromatic N) is 2. The van der Waals surface area contributed by atoms with E-state index in [2.05, 4.69) is 9.97 Å². The van der Waals surface area contributed by atoms with Gasteiger partial charge in [-0.05, 0) is 43.3 Å². The fourth-order valence-electron chi connectivity index (χ4n) is 1.56. The Morgan fingerprint density at radius 2 is 2.05 bits per heavy atom. The number of anilines is 1. The van der Waals surface area contributed by atoms with Crippen molar-refractivity contribution in [1.82, 2.24) is 9.97 Å². The minimum Gasteiger partial charge on any atom is -0.462 e. The van der Waals surface area contributed by atoms with E-state index in [9.17, 15) is 9.18 Å². The Morgan fingerprint density at radius 1 is 1.38 bits per heavy atom. The van der Waals surface area contributed by atoms with Gasteiger partial charge in [-0.2, -0.15) is 0 Å². The second-order valence-electron chi connectivity index (χ2n) is 4.24. The summed E-state index contributed by atoms with van der Waals surface area (Å²) in [4.78, 5) is 20.2. The van der Waals surface area contributed by atoms with Gasteiger partial charge in [0.05, 0.1) is 17.1 Å². The summed E-state index contributed by atoms with van der Waals surface area (Å²) in [6, 6.07) is 2.46. The van der Waals surface area contributed by atoms with Crippen LogP contribution in [0.5, 0.6) is 0 Å². The van der Waals surface area contributed by atoms with E-state index in [4.69, 9.17) is 10.5 Å². The van der Waals surface area contributed by atoms with Gasteiger partial charge in [-0.15, -0.1) is 0 Å². The topological polar surface area (TPSA) is 78.1 Å². The fraction of sp³-hybridized carbons (Fsp3) is 0.214. The maximum Gasteiger partial charge on any atom is 0.340 e. The predicted octanol–water partition coefficient (Wildman–Crippen LogP) is 2.83. The van der Waals surface area contributed by atoms with Crippen LogP contribution in [0.2, 0.25) is 0 Å². The van der Waals surface area contributed by atoms with Crippen LogP contribution in [0.15, 0.2) is 34.6 Å². The summed E-state index contributed by atoms with van der Waals surface area (Å²) in [6.45, 7) is 3.77. The molecule has 7 heteroatoms. The zero-order valence-corrected chi connectivity index (χ0v) is 12.4. The molecule has 2 rings (SSSR count). The van der Waals surface area contributed by atoms with Crippen LogP contribution in [0.4, 0.5) is 10.1 Å². The van der Waals surface area contributed by atoms with Gasteiger partial charge >= 0.3 is 5.97 Å². The SMILES string of the molecule is CCOC(=O)c1cc(Sc2ncc(C)cn2)c(F)cc1N. The van der Waals surface area contributed by atoms with Gasteiger partial charge in [-0.25, -0.2) is 19.2 Å². The van der Waals surface area contributed by atoms with Crippen LogP contribution >= 0.6 is 11.8 Å². The Labute approximate surface area is 125 Å². The molecule has 5 nitrogen and oxygen atoms in total. The number of carbonyl (C=O) groups excluding carboxylic acids is 1. The van der Waals surface area contributed by atoms with E-state index in [1.807, 2.05) is 6.92 Å². The number of hydrogen-bond donors (Lipinski definition) is 1. The van der Waals surface area contributed by atoms with Gasteiger partial charge in [0, 0.05) is 18.1 Å². The van der Waals surface area contributed by atoms with E-state index in [1.165, 1.54) is 6.07 Å². The number of hydrogen-bond acceptors (Lipinski definition) is 6. The average molecular weight is 307 g/mol. The third-order valence-electron chi connectivity index (χ3n) is 2.56. The summed E-state index contributed by atoms with van der Waals surface area (Å²) >= 11 is 1.02. The first-order valence-corrected chi connectivity index (χ1v) is 7.05. The highest BCUT2D eigenvalue weighted by Crippen LogP contribution is 2.30. The molecular weight excluding hydrogens is 293 g/mol. The normalized spacial score (nSPS) is 10.4. The van der Waals surface area contributed by atoms with Crippen LogP contribution in [-0.4, -0.2) is 22.5 Å². The third kappa shape index (κ3) is 3.69. The molecule has 0 aliphatic carbocycles. The molecule has 2 N–H and O–H groups in total. The first-order valence-electron chi connectivity index (χ1n) is 6.24. The number of carbonyl (C=O) groups is 1. The van der Waals surface area contributed by atoms with Crippen molar-refractivity contribution in [2.75, 3.05) is 12.3 Å². The molecule has 0 atom stereocenters. The number of ether oxygens (including phenoxy) is 1. The average Bonchev–Trinajstić information content (AvgIpc) is 2.44. The molecular formula is C14H14FN3O2S. The summed E-state index contributed by atoms with van der Waals surface area (Å²) < 4.78 is 18.8. The molecule has 0 amide bonds. The lowest BCUT2D eigenvalue weighted by Crippen LogP contribution is -2.09. The molecule has 1 heterocycles. The molecule has 0 spiro atoms. The van der Waals surface area contributed by atoms with Crippen molar-refractivity contribution in [3.05, 3.63) is 41.5 Å². The van der Waals surface area contributed by atoms with Crippen molar-refractivity contribution in [3.63, 3.8) is 0 Å². The Bertz CT molecular complexity index is 662. The van der Waals surface area contributed by atoms with Crippen molar-refractivity contribution < 1.29 is 13.9 Å². The Balaban J connectivity index is 2.32. The van der Waals surface area contributed by atoms with Crippen molar-refractivity contribution in [2.45, 2.75) is 23.9 Å². The maximum atomic E-state index is 13.9. The molecule has 0 aliphatic rings. The van der Waals surface area contributed by atoms with Gasteiger partial charge in [0.25, 0.3) is 0 Å². The molecule has 2 aromatic rings. The standard InChI is InChI=1S/C14H14FN3O2S/c1-3-20-13(19)9-4-12(10(15)5-11(9)16)21-14-17-6-8(2)7-18-14/h4-7H,3,16H2,1-2H3. The first-order chi connectivity index (χ1) is 10.0. The molecule has 0 fully saturated rings. The lowest BCUT2D eigenvalue weighted by molar-refractivity contribution is 0.0527. The molecule has 1 aromatic heterocycles. The van der Waals surface area contributed by atoms with Gasteiger partial charge in [0.1, 0.15) is 5.82 Å². The first kappa shape index (κ1) is 15.2. The Morgan fingerprint density at radius 3 is 2.67 bits per heavy atom. The smallest absolute Gasteiger partial charge is 0.340 e. The fourth-order valence-corrected chi connectivity index (χ4v) is 2.31. The van der Waals surface area contributed by atoms with E-state index in [-0.39, 0.29) is 22.8 Å². The largest absolute Gasteiger partial charge is 0.462 e. The molecule has 21 heavy (non-hydrogen) atoms. The number of nitrogen functional groups attached to an aromatic ring is 1. The van der Waals surface area contributed by atoms with Crippen molar-refractivity contribution in [3.8, 4) is 0 Å². The van der Waals surface area contributed by atoms with Crippen LogP contribution < -0.4 is 5.73 Å². The number of aromatic nitrogens is 2. The van der Waals surface area contributed by atoms with E-state index in [0.29, 0.717) is 5.16 Å². The van der Waals surface area contributed by atoms with Gasteiger partial charge in [-0.3, -0.25) is 0 Å². The quantitative estimate of drug-likeness (QED) is 0.531. The minimum atomic E-state index is -0.582. The summed E-state index contributed by atoms with van der Waals surface area (Å²) in [5.74, 6) is -1.11. The molecule has 0 bridgehead atoms. The highest BCUT2D eigenvalue weighted by molar-refractivity contribution is 7.99. The number of esters is 1. The van der Waals surface area contributed by atoms with Crippen molar-refractivity contribution in [1.29, 1.82) is 0 Å². The van der Waals surface area contributed by atoms with Gasteiger partial charge < -0.3 is 10.5 Å². The zero-order valence-electron chi connectivity index (χ0n) is 11.6. The molecule has 1 aromatic carbocycles. The third-order valence-corrected chi connectivity index (χ3v) is 3.48. The molecule has 0 aliphatic heterocycles. The van der Waals surface area contributed by atoms with Gasteiger partial charge in [0.2, 0.25) is 0 Å². The zero-order chi connectivity index (χ0) is 15.4. The summed E-state index contributed by atoms with van der Waals surface area (Å²) in [6.07, 6.45) is 3.27. The Kier molecular flexibility index (Phi) is 4.74. The second-order valence-corrected chi connectivity index (χ2v) is 5.24. The van der Waals surface area contributed by atoms with Crippen molar-refractivity contribution in [2.24, 2.45) is 0 Å². The lowest BCUT2D eigenvalue weighted by Gasteiger charge is -2.08. The highest BCUT2D eigenvalue weighted by Gasteiger charge is 2.16. The van der Waals surface area contributed by atoms with Gasteiger partial charge in [0.15, 0.2) is 5.16 Å². The number of aryl methyl sites for hydroxylation is 1. The molecule has 110 valence electrons. The molecule has 0 saturated carbocycles. The lowest BCUT2D eigenvalue weighted by atomic mass is 10.2. The summed E-state index contributed by atoms with van der Waals surface area (Å²) in [7, 11) is 0. The second kappa shape index (κ2) is 6.53. The minimum absolute atomic E-state index is 0.0418. The summed E-state index contributed by atoms with van der Waals surface area (Å²) in [5.41, 5.74) is 6.73. The molecule has 0 radical (unpaired) electrons. The van der Waals surface area contributed by atoms with Crippen molar-refractivity contribution >= 4 is 23.4 Å². The molecule has 0 saturated heterocycles. The number of benzene rings is 1. The number of nitrogens with two attached hydrogens (primary N) is 1. The van der Waals surface area contributed by atoms with Gasteiger partial charge in [-0.1, -0.05) is 0 Å². The summed E-state index contributed by atoms with van der Waals surface area (Å²) in [5, 5.41) is 0.388. The highest BCUT2D eigenvalue weighted by atomic mass is 32.2. The predicted molar refractivity (Wildman–Crippen MR) is 77.7 cm³/mol. The number of halogens is 1. The maximum absolute atomic E-state index is 13.9. The number of rotatable bonds is 4. The van der Waals surface area contributed by atoms with E-state index >= 15 is 0 Å². The monoisotopic (exact) mass is 307 g/mol. The van der Waals surface area contributed by atoms with Crippen LogP contribution in [0, 0.1) is 12.7 Å². The van der Waals surface area contributed by atoms with Crippen LogP contribution in [-0.2, 0) is 4.74 Å². The van der Waals surface area contributed by atoms with Crippen LogP contribution in [0.1, 0.15) is 22.8 Å².